The van der Waals surface area contributed by atoms with Crippen LogP contribution in [0.25, 0.3) is 0 Å². The van der Waals surface area contributed by atoms with Crippen LogP contribution in [0.15, 0.2) is 60.8 Å². The van der Waals surface area contributed by atoms with Gasteiger partial charge in [0.2, 0.25) is 11.9 Å². The van der Waals surface area contributed by atoms with Crippen LogP contribution in [0.1, 0.15) is 6.92 Å². The minimum Gasteiger partial charge on any atom is -0.368 e. The molecule has 0 radical (unpaired) electrons. The van der Waals surface area contributed by atoms with Crippen LogP contribution >= 0.6 is 0 Å². The van der Waals surface area contributed by atoms with E-state index in [1.165, 1.54) is 12.6 Å². The molecule has 4 rings (SSSR count). The molecule has 0 unspecified atom stereocenters. The van der Waals surface area contributed by atoms with Gasteiger partial charge in [-0.15, -0.1) is 5.10 Å². The van der Waals surface area contributed by atoms with E-state index in [9.17, 15) is 4.79 Å². The van der Waals surface area contributed by atoms with Gasteiger partial charge in [-0.2, -0.15) is 10.1 Å². The highest BCUT2D eigenvalue weighted by Crippen LogP contribution is 2.20. The first-order chi connectivity index (χ1) is 14.2. The number of nitrogens with zero attached hydrogens (tertiary/aromatic N) is 5. The lowest BCUT2D eigenvalue weighted by molar-refractivity contribution is -0.114. The number of piperazine rings is 1. The number of hydrogen-bond donors (Lipinski definition) is 2. The van der Waals surface area contributed by atoms with Gasteiger partial charge in [-0.3, -0.25) is 4.79 Å². The Hall–Kier alpha value is -3.68. The van der Waals surface area contributed by atoms with Crippen LogP contribution in [0.2, 0.25) is 0 Å². The van der Waals surface area contributed by atoms with Crippen LogP contribution in [0.3, 0.4) is 0 Å². The van der Waals surface area contributed by atoms with E-state index in [-0.39, 0.29) is 5.91 Å². The van der Waals surface area contributed by atoms with Gasteiger partial charge >= 0.3 is 0 Å². The second-order valence-corrected chi connectivity index (χ2v) is 6.83. The number of hydrogen-bond acceptors (Lipinski definition) is 7. The maximum atomic E-state index is 11.1. The van der Waals surface area contributed by atoms with Crippen LogP contribution in [-0.2, 0) is 4.79 Å². The first-order valence-corrected chi connectivity index (χ1v) is 9.57. The summed E-state index contributed by atoms with van der Waals surface area (Å²) in [6.45, 7) is 5.09. The summed E-state index contributed by atoms with van der Waals surface area (Å²) in [6.07, 6.45) is 1.70. The van der Waals surface area contributed by atoms with Crippen molar-refractivity contribution in [2.45, 2.75) is 6.92 Å². The van der Waals surface area contributed by atoms with Crippen molar-refractivity contribution >= 4 is 34.7 Å². The molecule has 0 atom stereocenters. The summed E-state index contributed by atoms with van der Waals surface area (Å²) in [5, 5.41) is 14.1. The Labute approximate surface area is 169 Å². The molecular formula is C21H23N7O. The first kappa shape index (κ1) is 18.7. The third-order valence-corrected chi connectivity index (χ3v) is 4.73. The Morgan fingerprint density at radius 3 is 2.24 bits per heavy atom. The fourth-order valence-corrected chi connectivity index (χ4v) is 3.30. The van der Waals surface area contributed by atoms with Crippen molar-refractivity contribution in [2.24, 2.45) is 0 Å². The van der Waals surface area contributed by atoms with Crippen LogP contribution in [0.5, 0.6) is 0 Å². The Kier molecular flexibility index (Phi) is 5.51. The average Bonchev–Trinajstić information content (AvgIpc) is 2.76. The summed E-state index contributed by atoms with van der Waals surface area (Å²) in [5.41, 5.74) is 2.82. The van der Waals surface area contributed by atoms with E-state index in [0.717, 1.165) is 43.4 Å². The predicted molar refractivity (Wildman–Crippen MR) is 115 cm³/mol. The molecule has 1 aliphatic heterocycles. The van der Waals surface area contributed by atoms with Crippen LogP contribution < -0.4 is 20.4 Å². The highest BCUT2D eigenvalue weighted by Gasteiger charge is 2.19. The molecule has 3 aromatic rings. The number of aromatic nitrogens is 3. The molecule has 0 saturated carbocycles. The molecule has 2 heterocycles. The van der Waals surface area contributed by atoms with Crippen molar-refractivity contribution in [1.82, 2.24) is 15.2 Å². The van der Waals surface area contributed by atoms with Gasteiger partial charge in [0.1, 0.15) is 0 Å². The van der Waals surface area contributed by atoms with Crippen LogP contribution in [-0.4, -0.2) is 47.3 Å². The van der Waals surface area contributed by atoms with Gasteiger partial charge in [0, 0.05) is 50.2 Å². The van der Waals surface area contributed by atoms with Gasteiger partial charge in [-0.05, 0) is 36.4 Å². The normalized spacial score (nSPS) is 13.8. The van der Waals surface area contributed by atoms with E-state index in [1.807, 2.05) is 30.3 Å². The van der Waals surface area contributed by atoms with Crippen molar-refractivity contribution in [1.29, 1.82) is 0 Å². The van der Waals surface area contributed by atoms with Gasteiger partial charge in [0.05, 0.1) is 6.20 Å². The van der Waals surface area contributed by atoms with E-state index >= 15 is 0 Å². The second kappa shape index (κ2) is 8.55. The minimum atomic E-state index is -0.0988. The van der Waals surface area contributed by atoms with Gasteiger partial charge in [0.15, 0.2) is 5.82 Å². The highest BCUT2D eigenvalue weighted by atomic mass is 16.1. The zero-order chi connectivity index (χ0) is 20.1. The molecular weight excluding hydrogens is 366 g/mol. The molecule has 1 amide bonds. The fraction of sp³-hybridized carbons (Fsp3) is 0.238. The Balaban J connectivity index is 1.38. The van der Waals surface area contributed by atoms with Crippen molar-refractivity contribution < 1.29 is 4.79 Å². The first-order valence-electron chi connectivity index (χ1n) is 9.57. The molecule has 1 fully saturated rings. The summed E-state index contributed by atoms with van der Waals surface area (Å²) < 4.78 is 0. The monoisotopic (exact) mass is 389 g/mol. The number of rotatable bonds is 5. The lowest BCUT2D eigenvalue weighted by Gasteiger charge is -2.36. The number of para-hydroxylation sites is 1. The van der Waals surface area contributed by atoms with E-state index in [2.05, 4.69) is 59.9 Å². The summed E-state index contributed by atoms with van der Waals surface area (Å²) in [4.78, 5) is 20.3. The molecule has 8 nitrogen and oxygen atoms in total. The average molecular weight is 389 g/mol. The number of amides is 1. The molecule has 2 aromatic carbocycles. The highest BCUT2D eigenvalue weighted by molar-refractivity contribution is 5.88. The lowest BCUT2D eigenvalue weighted by atomic mass is 10.2. The standard InChI is InChI=1S/C21H23N7O/c1-16(29)23-17-7-9-18(10-8-17)24-21-25-20(15-22-26-21)28-13-11-27(12-14-28)19-5-3-2-4-6-19/h2-10,15H,11-14H2,1H3,(H,23,29)(H,24,25,26). The number of nitrogens with one attached hydrogen (secondary N) is 2. The SMILES string of the molecule is CC(=O)Nc1ccc(Nc2nncc(N3CCN(c4ccccc4)CC3)n2)cc1. The zero-order valence-electron chi connectivity index (χ0n) is 16.2. The zero-order valence-corrected chi connectivity index (χ0v) is 16.2. The van der Waals surface area contributed by atoms with Crippen LogP contribution in [0.4, 0.5) is 28.8 Å². The maximum absolute atomic E-state index is 11.1. The molecule has 0 spiro atoms. The summed E-state index contributed by atoms with van der Waals surface area (Å²) in [5.74, 6) is 1.16. The third-order valence-electron chi connectivity index (χ3n) is 4.73. The van der Waals surface area contributed by atoms with E-state index in [1.54, 1.807) is 6.20 Å². The number of anilines is 5. The predicted octanol–water partition coefficient (Wildman–Crippen LogP) is 2.90. The van der Waals surface area contributed by atoms with E-state index < -0.39 is 0 Å². The van der Waals surface area contributed by atoms with Crippen molar-refractivity contribution in [3.05, 3.63) is 60.8 Å². The van der Waals surface area contributed by atoms with Gasteiger partial charge in [0.25, 0.3) is 0 Å². The smallest absolute Gasteiger partial charge is 0.249 e. The topological polar surface area (TPSA) is 86.3 Å². The molecule has 2 N–H and O–H groups in total. The van der Waals surface area contributed by atoms with Gasteiger partial charge in [-0.25, -0.2) is 0 Å². The maximum Gasteiger partial charge on any atom is 0.249 e. The van der Waals surface area contributed by atoms with E-state index in [4.69, 9.17) is 0 Å². The second-order valence-electron chi connectivity index (χ2n) is 6.83. The molecule has 0 bridgehead atoms. The van der Waals surface area contributed by atoms with Crippen molar-refractivity contribution in [3.63, 3.8) is 0 Å². The molecule has 8 heteroatoms. The Morgan fingerprint density at radius 2 is 1.55 bits per heavy atom. The summed E-state index contributed by atoms with van der Waals surface area (Å²) >= 11 is 0. The Bertz CT molecular complexity index is 954. The lowest BCUT2D eigenvalue weighted by Crippen LogP contribution is -2.46. The molecule has 148 valence electrons. The van der Waals surface area contributed by atoms with Crippen molar-refractivity contribution in [2.75, 3.05) is 46.6 Å². The molecule has 1 aromatic heterocycles. The summed E-state index contributed by atoms with van der Waals surface area (Å²) in [6, 6.07) is 17.8. The molecule has 1 aliphatic rings. The number of benzene rings is 2. The van der Waals surface area contributed by atoms with E-state index in [0.29, 0.717) is 5.95 Å². The molecule has 1 saturated heterocycles. The minimum absolute atomic E-state index is 0.0988. The molecule has 0 aliphatic carbocycles. The third kappa shape index (κ3) is 4.78. The summed E-state index contributed by atoms with van der Waals surface area (Å²) in [7, 11) is 0. The van der Waals surface area contributed by atoms with Gasteiger partial charge < -0.3 is 20.4 Å². The fourth-order valence-electron chi connectivity index (χ4n) is 3.30. The van der Waals surface area contributed by atoms with Crippen LogP contribution in [0, 0.1) is 0 Å². The number of carbonyl (C=O) groups excluding carboxylic acids is 1. The van der Waals surface area contributed by atoms with Crippen molar-refractivity contribution in [3.8, 4) is 0 Å². The van der Waals surface area contributed by atoms with Gasteiger partial charge in [-0.1, -0.05) is 18.2 Å². The largest absolute Gasteiger partial charge is 0.368 e. The quantitative estimate of drug-likeness (QED) is 0.694. The Morgan fingerprint density at radius 1 is 0.897 bits per heavy atom. The molecule has 29 heavy (non-hydrogen) atoms. The number of carbonyl (C=O) groups is 1.